The second-order valence-corrected chi connectivity index (χ2v) is 6.90. The van der Waals surface area contributed by atoms with Crippen LogP contribution in [-0.2, 0) is 4.84 Å². The lowest BCUT2D eigenvalue weighted by Gasteiger charge is -2.32. The van der Waals surface area contributed by atoms with E-state index >= 15 is 0 Å². The van der Waals surface area contributed by atoms with Gasteiger partial charge in [0.1, 0.15) is 12.4 Å². The summed E-state index contributed by atoms with van der Waals surface area (Å²) in [6.07, 6.45) is 4.84. The number of aromatic nitrogens is 3. The van der Waals surface area contributed by atoms with Gasteiger partial charge in [-0.25, -0.2) is 0 Å². The third-order valence-electron chi connectivity index (χ3n) is 4.93. The molecule has 0 amide bonds. The average Bonchev–Trinajstić information content (AvgIpc) is 2.80. The number of hydrogen-bond donors (Lipinski definition) is 0. The Labute approximate surface area is 177 Å². The molecule has 1 saturated heterocycles. The lowest BCUT2D eigenvalue weighted by molar-refractivity contribution is 0.160. The largest absolute Gasteiger partial charge is 0.494 e. The van der Waals surface area contributed by atoms with Crippen molar-refractivity contribution in [3.63, 3.8) is 0 Å². The molecule has 3 rings (SSSR count). The smallest absolute Gasteiger partial charge is 0.324 e. The van der Waals surface area contributed by atoms with Crippen molar-refractivity contribution in [2.45, 2.75) is 26.2 Å². The molecule has 1 aromatic carbocycles. The second kappa shape index (κ2) is 11.2. The Morgan fingerprint density at radius 1 is 1.03 bits per heavy atom. The molecule has 2 heterocycles. The van der Waals surface area contributed by atoms with Crippen LogP contribution in [0.5, 0.6) is 17.8 Å². The summed E-state index contributed by atoms with van der Waals surface area (Å²) in [6.45, 7) is 4.93. The van der Waals surface area contributed by atoms with Gasteiger partial charge in [-0.1, -0.05) is 5.16 Å². The number of ether oxygens (including phenoxy) is 3. The Balaban J connectivity index is 1.42. The van der Waals surface area contributed by atoms with Gasteiger partial charge >= 0.3 is 12.0 Å². The van der Waals surface area contributed by atoms with E-state index in [-0.39, 0.29) is 12.0 Å². The van der Waals surface area contributed by atoms with Crippen molar-refractivity contribution >= 4 is 12.2 Å². The summed E-state index contributed by atoms with van der Waals surface area (Å²) in [6, 6.07) is 8.38. The third kappa shape index (κ3) is 6.20. The molecule has 1 aromatic heterocycles. The Morgan fingerprint density at radius 2 is 1.70 bits per heavy atom. The second-order valence-electron chi connectivity index (χ2n) is 6.90. The van der Waals surface area contributed by atoms with Gasteiger partial charge in [0.2, 0.25) is 5.95 Å². The van der Waals surface area contributed by atoms with E-state index < -0.39 is 0 Å². The molecule has 0 bridgehead atoms. The van der Waals surface area contributed by atoms with Crippen molar-refractivity contribution in [1.29, 1.82) is 0 Å². The van der Waals surface area contributed by atoms with E-state index in [9.17, 15) is 0 Å². The van der Waals surface area contributed by atoms with Gasteiger partial charge in [0.25, 0.3) is 0 Å². The fourth-order valence-corrected chi connectivity index (χ4v) is 3.24. The molecule has 9 heteroatoms. The van der Waals surface area contributed by atoms with E-state index in [0.717, 1.165) is 43.7 Å². The maximum Gasteiger partial charge on any atom is 0.324 e. The zero-order valence-electron chi connectivity index (χ0n) is 17.8. The number of nitrogens with zero attached hydrogens (tertiary/aromatic N) is 5. The van der Waals surface area contributed by atoms with Crippen molar-refractivity contribution < 1.29 is 19.0 Å². The summed E-state index contributed by atoms with van der Waals surface area (Å²) in [5.74, 6) is 2.08. The lowest BCUT2D eigenvalue weighted by Crippen LogP contribution is -2.35. The van der Waals surface area contributed by atoms with Gasteiger partial charge in [-0.3, -0.25) is 0 Å². The third-order valence-corrected chi connectivity index (χ3v) is 4.93. The van der Waals surface area contributed by atoms with Gasteiger partial charge in [0.15, 0.2) is 0 Å². The van der Waals surface area contributed by atoms with E-state index in [0.29, 0.717) is 25.1 Å². The first-order chi connectivity index (χ1) is 14.7. The zero-order chi connectivity index (χ0) is 21.2. The maximum absolute atomic E-state index is 5.91. The molecule has 162 valence electrons. The Hall–Kier alpha value is -3.10. The summed E-state index contributed by atoms with van der Waals surface area (Å²) in [5, 5.41) is 3.86. The minimum Gasteiger partial charge on any atom is -0.494 e. The summed E-state index contributed by atoms with van der Waals surface area (Å²) >= 11 is 0. The molecule has 0 saturated carbocycles. The van der Waals surface area contributed by atoms with Gasteiger partial charge in [0.05, 0.1) is 27.0 Å². The Morgan fingerprint density at radius 3 is 2.30 bits per heavy atom. The number of rotatable bonds is 10. The molecular weight excluding hydrogens is 386 g/mol. The summed E-state index contributed by atoms with van der Waals surface area (Å²) < 4.78 is 16.2. The first kappa shape index (κ1) is 21.6. The van der Waals surface area contributed by atoms with Crippen LogP contribution >= 0.6 is 0 Å². The van der Waals surface area contributed by atoms with Gasteiger partial charge in [-0.2, -0.15) is 9.97 Å². The molecule has 0 unspecified atom stereocenters. The van der Waals surface area contributed by atoms with Crippen LogP contribution in [0.25, 0.3) is 0 Å². The zero-order valence-corrected chi connectivity index (χ0v) is 17.8. The van der Waals surface area contributed by atoms with Crippen LogP contribution < -0.4 is 19.1 Å². The van der Waals surface area contributed by atoms with Crippen LogP contribution in [0, 0.1) is 5.92 Å². The molecule has 0 atom stereocenters. The van der Waals surface area contributed by atoms with Crippen molar-refractivity contribution in [2.24, 2.45) is 11.1 Å². The average molecular weight is 415 g/mol. The summed E-state index contributed by atoms with van der Waals surface area (Å²) in [4.78, 5) is 19.8. The van der Waals surface area contributed by atoms with Crippen molar-refractivity contribution in [3.8, 4) is 17.8 Å². The molecule has 1 aliphatic heterocycles. The predicted octanol–water partition coefficient (Wildman–Crippen LogP) is 2.94. The quantitative estimate of drug-likeness (QED) is 0.432. The topological polar surface area (TPSA) is 91.2 Å². The standard InChI is InChI=1S/C21H29N5O4/c1-4-30-22-15-17-5-7-18(8-6-17)29-14-11-16-9-12-26(13-10-16)19-23-20(27-2)25-21(24-19)28-3/h5-8,15-16H,4,9-14H2,1-3H3. The van der Waals surface area contributed by atoms with Crippen molar-refractivity contribution in [2.75, 3.05) is 45.4 Å². The molecule has 0 spiro atoms. The first-order valence-electron chi connectivity index (χ1n) is 10.2. The number of anilines is 1. The van der Waals surface area contributed by atoms with E-state index in [1.165, 1.54) is 14.2 Å². The molecule has 9 nitrogen and oxygen atoms in total. The minimum atomic E-state index is 0.266. The van der Waals surface area contributed by atoms with Crippen LogP contribution in [0.15, 0.2) is 29.4 Å². The number of benzene rings is 1. The predicted molar refractivity (Wildman–Crippen MR) is 114 cm³/mol. The molecule has 1 fully saturated rings. The highest BCUT2D eigenvalue weighted by atomic mass is 16.6. The van der Waals surface area contributed by atoms with E-state index in [1.807, 2.05) is 31.2 Å². The van der Waals surface area contributed by atoms with Gasteiger partial charge in [-0.05, 0) is 61.9 Å². The first-order valence-corrected chi connectivity index (χ1v) is 10.2. The molecule has 0 aliphatic carbocycles. The molecule has 0 N–H and O–H groups in total. The minimum absolute atomic E-state index is 0.266. The van der Waals surface area contributed by atoms with Crippen LogP contribution in [0.2, 0.25) is 0 Å². The monoisotopic (exact) mass is 415 g/mol. The number of hydrogen-bond acceptors (Lipinski definition) is 9. The fourth-order valence-electron chi connectivity index (χ4n) is 3.24. The van der Waals surface area contributed by atoms with Crippen LogP contribution in [0.3, 0.4) is 0 Å². The van der Waals surface area contributed by atoms with E-state index in [2.05, 4.69) is 25.0 Å². The number of methoxy groups -OCH3 is 2. The van der Waals surface area contributed by atoms with Crippen molar-refractivity contribution in [3.05, 3.63) is 29.8 Å². The van der Waals surface area contributed by atoms with E-state index in [4.69, 9.17) is 19.0 Å². The Bertz CT molecular complexity index is 785. The molecule has 2 aromatic rings. The Kier molecular flexibility index (Phi) is 8.05. The summed E-state index contributed by atoms with van der Waals surface area (Å²) in [7, 11) is 3.07. The molecule has 30 heavy (non-hydrogen) atoms. The molecular formula is C21H29N5O4. The number of piperidine rings is 1. The normalized spacial score (nSPS) is 14.7. The highest BCUT2D eigenvalue weighted by Gasteiger charge is 2.22. The highest BCUT2D eigenvalue weighted by Crippen LogP contribution is 2.25. The fraction of sp³-hybridized carbons (Fsp3) is 0.524. The van der Waals surface area contributed by atoms with Crippen molar-refractivity contribution in [1.82, 2.24) is 15.0 Å². The van der Waals surface area contributed by atoms with E-state index in [1.54, 1.807) is 6.21 Å². The summed E-state index contributed by atoms with van der Waals surface area (Å²) in [5.41, 5.74) is 0.981. The maximum atomic E-state index is 5.91. The molecule has 1 aliphatic rings. The van der Waals surface area contributed by atoms with Crippen LogP contribution in [0.4, 0.5) is 5.95 Å². The van der Waals surface area contributed by atoms with Crippen LogP contribution in [0.1, 0.15) is 31.7 Å². The van der Waals surface area contributed by atoms with Gasteiger partial charge in [0, 0.05) is 13.1 Å². The number of oxime groups is 1. The SMILES string of the molecule is CCON=Cc1ccc(OCCC2CCN(c3nc(OC)nc(OC)n3)CC2)cc1. The van der Waals surface area contributed by atoms with Crippen LogP contribution in [-0.4, -0.2) is 61.7 Å². The van der Waals surface area contributed by atoms with Gasteiger partial charge in [-0.15, -0.1) is 4.98 Å². The highest BCUT2D eigenvalue weighted by molar-refractivity contribution is 5.79. The lowest BCUT2D eigenvalue weighted by atomic mass is 9.94. The van der Waals surface area contributed by atoms with Gasteiger partial charge < -0.3 is 23.9 Å². The molecule has 0 radical (unpaired) electrons.